The lowest BCUT2D eigenvalue weighted by Crippen LogP contribution is -2.64. The molecule has 33 heavy (non-hydrogen) atoms. The minimum atomic E-state index is -1.46. The zero-order valence-corrected chi connectivity index (χ0v) is 19.3. The van der Waals surface area contributed by atoms with Crippen molar-refractivity contribution in [3.63, 3.8) is 0 Å². The zero-order chi connectivity index (χ0) is 25.3. The molecule has 13 nitrogen and oxygen atoms in total. The Morgan fingerprint density at radius 2 is 1.39 bits per heavy atom. The number of amides is 1. The summed E-state index contributed by atoms with van der Waals surface area (Å²) in [6, 6.07) is -1.11. The Morgan fingerprint density at radius 1 is 0.818 bits per heavy atom. The lowest BCUT2D eigenvalue weighted by Gasteiger charge is -2.44. The quantitative estimate of drug-likeness (QED) is 0.336. The number of nitrogens with one attached hydrogen (secondary N) is 1. The average molecular weight is 475 g/mol. The van der Waals surface area contributed by atoms with Gasteiger partial charge in [-0.3, -0.25) is 28.8 Å². The van der Waals surface area contributed by atoms with E-state index in [1.807, 2.05) is 0 Å². The predicted octanol–water partition coefficient (Wildman–Crippen LogP) is -0.473. The predicted molar refractivity (Wildman–Crippen MR) is 106 cm³/mol. The second-order valence-electron chi connectivity index (χ2n) is 7.27. The molecule has 0 aliphatic carbocycles. The van der Waals surface area contributed by atoms with Gasteiger partial charge in [-0.1, -0.05) is 0 Å². The Morgan fingerprint density at radius 3 is 1.85 bits per heavy atom. The first-order valence-electron chi connectivity index (χ1n) is 10.0. The van der Waals surface area contributed by atoms with Crippen molar-refractivity contribution in [3.8, 4) is 0 Å². The van der Waals surface area contributed by atoms with Crippen molar-refractivity contribution in [1.82, 2.24) is 5.32 Å². The third-order valence-electron chi connectivity index (χ3n) is 4.23. The van der Waals surface area contributed by atoms with Gasteiger partial charge in [0, 0.05) is 48.0 Å². The van der Waals surface area contributed by atoms with Gasteiger partial charge >= 0.3 is 29.8 Å². The van der Waals surface area contributed by atoms with Gasteiger partial charge < -0.3 is 33.7 Å². The fourth-order valence-electron chi connectivity index (χ4n) is 3.31. The van der Waals surface area contributed by atoms with Gasteiger partial charge in [-0.2, -0.15) is 0 Å². The largest absolute Gasteiger partial charge is 0.462 e. The van der Waals surface area contributed by atoms with E-state index >= 15 is 0 Å². The molecule has 1 N–H and O–H groups in total. The molecule has 186 valence electrons. The third-order valence-corrected chi connectivity index (χ3v) is 4.23. The van der Waals surface area contributed by atoms with Crippen molar-refractivity contribution in [2.45, 2.75) is 84.7 Å². The first-order valence-corrected chi connectivity index (χ1v) is 10.0. The van der Waals surface area contributed by atoms with E-state index in [1.165, 1.54) is 6.92 Å². The molecule has 0 spiro atoms. The van der Waals surface area contributed by atoms with Gasteiger partial charge in [-0.05, 0) is 0 Å². The lowest BCUT2D eigenvalue weighted by atomic mass is 9.91. The van der Waals surface area contributed by atoms with Crippen molar-refractivity contribution in [2.24, 2.45) is 0 Å². The maximum Gasteiger partial charge on any atom is 0.304 e. The molecule has 1 fully saturated rings. The van der Waals surface area contributed by atoms with Crippen molar-refractivity contribution in [1.29, 1.82) is 0 Å². The van der Waals surface area contributed by atoms with Crippen LogP contribution in [0.15, 0.2) is 0 Å². The van der Waals surface area contributed by atoms with Crippen molar-refractivity contribution >= 4 is 35.8 Å². The van der Waals surface area contributed by atoms with Gasteiger partial charge in [0.15, 0.2) is 12.2 Å². The maximum absolute atomic E-state index is 11.9. The molecule has 0 bridgehead atoms. The van der Waals surface area contributed by atoms with Crippen LogP contribution in [0.2, 0.25) is 0 Å². The van der Waals surface area contributed by atoms with Crippen LogP contribution in [-0.2, 0) is 57.2 Å². The highest BCUT2D eigenvalue weighted by molar-refractivity contribution is 5.74. The summed E-state index contributed by atoms with van der Waals surface area (Å²) < 4.78 is 31.7. The van der Waals surface area contributed by atoms with E-state index in [0.717, 1.165) is 34.6 Å². The molecule has 6 atom stereocenters. The smallest absolute Gasteiger partial charge is 0.304 e. The molecule has 13 heteroatoms. The van der Waals surface area contributed by atoms with E-state index in [9.17, 15) is 28.8 Å². The van der Waals surface area contributed by atoms with Gasteiger partial charge in [0.05, 0.1) is 6.04 Å². The number of rotatable bonds is 9. The fourth-order valence-corrected chi connectivity index (χ4v) is 3.31. The molecule has 0 saturated carbocycles. The summed E-state index contributed by atoms with van der Waals surface area (Å²) in [5.41, 5.74) is 0. The van der Waals surface area contributed by atoms with E-state index in [-0.39, 0.29) is 6.42 Å². The first-order chi connectivity index (χ1) is 15.3. The standard InChI is InChI=1S/C20H29NO12/c1-9(22)21-18-15(29-11(3)24)7-17(31-13(5)26)33-20(18)19(32-14(6)27)16(30-12(4)25)8-28-10(2)23/h15-20H,7-8H2,1-6H3,(H,21,22). The molecule has 1 amide bonds. The highest BCUT2D eigenvalue weighted by atomic mass is 16.7. The molecule has 0 radical (unpaired) electrons. The van der Waals surface area contributed by atoms with Crippen molar-refractivity contribution < 1.29 is 57.2 Å². The van der Waals surface area contributed by atoms with Crippen LogP contribution in [0.1, 0.15) is 48.0 Å². The summed E-state index contributed by atoms with van der Waals surface area (Å²) in [6.07, 6.45) is -6.65. The first kappa shape index (κ1) is 27.8. The third kappa shape index (κ3) is 9.85. The van der Waals surface area contributed by atoms with Crippen LogP contribution in [0.3, 0.4) is 0 Å². The Balaban J connectivity index is 3.49. The number of ether oxygens (including phenoxy) is 6. The van der Waals surface area contributed by atoms with Gasteiger partial charge in [0.25, 0.3) is 0 Å². The second kappa shape index (κ2) is 12.7. The molecule has 0 aromatic rings. The topological polar surface area (TPSA) is 170 Å². The van der Waals surface area contributed by atoms with Crippen LogP contribution >= 0.6 is 0 Å². The van der Waals surface area contributed by atoms with Crippen molar-refractivity contribution in [2.75, 3.05) is 6.61 Å². The van der Waals surface area contributed by atoms with E-state index < -0.39 is 79.1 Å². The van der Waals surface area contributed by atoms with Crippen LogP contribution in [-0.4, -0.2) is 79.1 Å². The number of hydrogen-bond acceptors (Lipinski definition) is 12. The summed E-state index contributed by atoms with van der Waals surface area (Å²) in [5, 5.41) is 2.57. The Labute approximate surface area is 190 Å². The van der Waals surface area contributed by atoms with Crippen LogP contribution < -0.4 is 5.32 Å². The Kier molecular flexibility index (Phi) is 10.7. The number of carbonyl (C=O) groups excluding carboxylic acids is 6. The number of carbonyl (C=O) groups is 6. The summed E-state index contributed by atoms with van der Waals surface area (Å²) in [7, 11) is 0. The molecular weight excluding hydrogens is 446 g/mol. The molecule has 6 unspecified atom stereocenters. The lowest BCUT2D eigenvalue weighted by molar-refractivity contribution is -0.255. The normalized spacial score (nSPS) is 23.8. The monoisotopic (exact) mass is 475 g/mol. The number of hydrogen-bond donors (Lipinski definition) is 1. The average Bonchev–Trinajstić information content (AvgIpc) is 2.63. The van der Waals surface area contributed by atoms with E-state index in [0.29, 0.717) is 0 Å². The summed E-state index contributed by atoms with van der Waals surface area (Å²) in [5.74, 6) is -4.25. The summed E-state index contributed by atoms with van der Waals surface area (Å²) >= 11 is 0. The van der Waals surface area contributed by atoms with E-state index in [1.54, 1.807) is 0 Å². The van der Waals surface area contributed by atoms with Gasteiger partial charge in [0.2, 0.25) is 12.2 Å². The Hall–Kier alpha value is -3.22. The van der Waals surface area contributed by atoms with Gasteiger partial charge in [-0.15, -0.1) is 0 Å². The van der Waals surface area contributed by atoms with Crippen LogP contribution in [0.5, 0.6) is 0 Å². The second-order valence-corrected chi connectivity index (χ2v) is 7.27. The van der Waals surface area contributed by atoms with Crippen molar-refractivity contribution in [3.05, 3.63) is 0 Å². The minimum Gasteiger partial charge on any atom is -0.462 e. The molecule has 1 heterocycles. The number of esters is 5. The highest BCUT2D eigenvalue weighted by Gasteiger charge is 2.50. The summed E-state index contributed by atoms with van der Waals surface area (Å²) in [6.45, 7) is 6.23. The maximum atomic E-state index is 11.9. The SMILES string of the molecule is CC(=O)NC1C(OC(C)=O)CC(OC(C)=O)OC1C(OC(C)=O)C(COC(C)=O)OC(C)=O. The summed E-state index contributed by atoms with van der Waals surface area (Å²) in [4.78, 5) is 70.0. The van der Waals surface area contributed by atoms with Crippen LogP contribution in [0, 0.1) is 0 Å². The van der Waals surface area contributed by atoms with Gasteiger partial charge in [-0.25, -0.2) is 0 Å². The van der Waals surface area contributed by atoms with Gasteiger partial charge in [0.1, 0.15) is 18.8 Å². The Bertz CT molecular complexity index is 766. The van der Waals surface area contributed by atoms with E-state index in [4.69, 9.17) is 28.4 Å². The molecule has 1 saturated heterocycles. The fraction of sp³-hybridized carbons (Fsp3) is 0.700. The molecular formula is C20H29NO12. The molecule has 1 rings (SSSR count). The molecule has 0 aromatic heterocycles. The van der Waals surface area contributed by atoms with Crippen LogP contribution in [0.25, 0.3) is 0 Å². The minimum absolute atomic E-state index is 0.143. The molecule has 0 aromatic carbocycles. The molecule has 1 aliphatic rings. The zero-order valence-electron chi connectivity index (χ0n) is 19.3. The van der Waals surface area contributed by atoms with Crippen LogP contribution in [0.4, 0.5) is 0 Å². The highest BCUT2D eigenvalue weighted by Crippen LogP contribution is 2.29. The molecule has 1 aliphatic heterocycles. The van der Waals surface area contributed by atoms with E-state index in [2.05, 4.69) is 5.32 Å².